The molecule has 2 rings (SSSR count). The maximum atomic E-state index is 12.2. The van der Waals surface area contributed by atoms with Crippen LogP contribution >= 0.6 is 0 Å². The van der Waals surface area contributed by atoms with Crippen molar-refractivity contribution in [3.8, 4) is 5.75 Å². The van der Waals surface area contributed by atoms with Crippen molar-refractivity contribution in [2.45, 2.75) is 53.4 Å². The molecule has 0 aromatic heterocycles. The van der Waals surface area contributed by atoms with Crippen molar-refractivity contribution in [3.05, 3.63) is 54.1 Å². The Bertz CT molecular complexity index is 849. The van der Waals surface area contributed by atoms with E-state index in [2.05, 4.69) is 31.4 Å². The highest BCUT2D eigenvalue weighted by Gasteiger charge is 2.21. The first kappa shape index (κ1) is 22.5. The van der Waals surface area contributed by atoms with Crippen LogP contribution in [0.25, 0.3) is 0 Å². The molecule has 0 unspecified atom stereocenters. The van der Waals surface area contributed by atoms with Crippen molar-refractivity contribution in [1.82, 2.24) is 0 Å². The number of hydrogen-bond acceptors (Lipinski definition) is 3. The average molecular weight is 397 g/mol. The van der Waals surface area contributed by atoms with Gasteiger partial charge >= 0.3 is 0 Å². The summed E-state index contributed by atoms with van der Waals surface area (Å²) in [6, 6.07) is 14.9. The summed E-state index contributed by atoms with van der Waals surface area (Å²) in [6.07, 6.45) is 1.05. The Morgan fingerprint density at radius 1 is 0.897 bits per heavy atom. The maximum absolute atomic E-state index is 12.2. The van der Waals surface area contributed by atoms with Crippen LogP contribution in [0.2, 0.25) is 0 Å². The SMILES string of the molecule is CCC(C)(C)c1ccc(OCC(=O)Nc2cccc(NC(=O)C(C)(C)C)c2)cc1. The van der Waals surface area contributed by atoms with Crippen LogP contribution in [-0.4, -0.2) is 18.4 Å². The van der Waals surface area contributed by atoms with Gasteiger partial charge in [-0.15, -0.1) is 0 Å². The Kier molecular flexibility index (Phi) is 7.07. The number of carbonyl (C=O) groups excluding carboxylic acids is 2. The molecule has 0 spiro atoms. The van der Waals surface area contributed by atoms with Crippen LogP contribution in [0.3, 0.4) is 0 Å². The lowest BCUT2D eigenvalue weighted by molar-refractivity contribution is -0.123. The van der Waals surface area contributed by atoms with Gasteiger partial charge in [-0.1, -0.05) is 59.7 Å². The number of benzene rings is 2. The lowest BCUT2D eigenvalue weighted by atomic mass is 9.82. The summed E-state index contributed by atoms with van der Waals surface area (Å²) in [5.41, 5.74) is 2.10. The molecule has 29 heavy (non-hydrogen) atoms. The Labute approximate surface area is 173 Å². The Morgan fingerprint density at radius 3 is 2.03 bits per heavy atom. The molecule has 5 heteroatoms. The summed E-state index contributed by atoms with van der Waals surface area (Å²) in [5.74, 6) is 0.309. The number of anilines is 2. The molecule has 0 fully saturated rings. The van der Waals surface area contributed by atoms with Crippen LogP contribution in [0.4, 0.5) is 11.4 Å². The quantitative estimate of drug-likeness (QED) is 0.660. The number of hydrogen-bond donors (Lipinski definition) is 2. The van der Waals surface area contributed by atoms with Gasteiger partial charge in [0.25, 0.3) is 5.91 Å². The van der Waals surface area contributed by atoms with E-state index in [0.717, 1.165) is 6.42 Å². The van der Waals surface area contributed by atoms with Crippen molar-refractivity contribution < 1.29 is 14.3 Å². The van der Waals surface area contributed by atoms with Crippen molar-refractivity contribution in [2.75, 3.05) is 17.2 Å². The molecule has 2 aromatic rings. The fourth-order valence-electron chi connectivity index (χ4n) is 2.55. The van der Waals surface area contributed by atoms with E-state index in [4.69, 9.17) is 4.74 Å². The molecule has 0 saturated heterocycles. The summed E-state index contributed by atoms with van der Waals surface area (Å²) < 4.78 is 5.60. The highest BCUT2D eigenvalue weighted by molar-refractivity contribution is 5.96. The molecule has 5 nitrogen and oxygen atoms in total. The number of carbonyl (C=O) groups is 2. The molecule has 0 radical (unpaired) electrons. The number of ether oxygens (including phenoxy) is 1. The minimum Gasteiger partial charge on any atom is -0.484 e. The van der Waals surface area contributed by atoms with Gasteiger partial charge in [-0.25, -0.2) is 0 Å². The molecule has 0 aliphatic carbocycles. The molecule has 2 amide bonds. The topological polar surface area (TPSA) is 67.4 Å². The molecule has 2 N–H and O–H groups in total. The van der Waals surface area contributed by atoms with Crippen molar-refractivity contribution in [1.29, 1.82) is 0 Å². The van der Waals surface area contributed by atoms with Gasteiger partial charge in [0.15, 0.2) is 6.61 Å². The maximum Gasteiger partial charge on any atom is 0.262 e. The Balaban J connectivity index is 1.91. The van der Waals surface area contributed by atoms with Gasteiger partial charge in [0.2, 0.25) is 5.91 Å². The smallest absolute Gasteiger partial charge is 0.262 e. The van der Waals surface area contributed by atoms with Crippen LogP contribution in [0, 0.1) is 5.41 Å². The van der Waals surface area contributed by atoms with Crippen molar-refractivity contribution >= 4 is 23.2 Å². The van der Waals surface area contributed by atoms with E-state index in [1.54, 1.807) is 24.3 Å². The molecule has 0 aliphatic heterocycles. The lowest BCUT2D eigenvalue weighted by Gasteiger charge is -2.23. The third kappa shape index (κ3) is 6.63. The highest BCUT2D eigenvalue weighted by Crippen LogP contribution is 2.28. The summed E-state index contributed by atoms with van der Waals surface area (Å²) in [6.45, 7) is 12.0. The molecule has 0 aliphatic rings. The van der Waals surface area contributed by atoms with Gasteiger partial charge in [0, 0.05) is 16.8 Å². The minimum absolute atomic E-state index is 0.0843. The van der Waals surface area contributed by atoms with Crippen LogP contribution in [-0.2, 0) is 15.0 Å². The van der Waals surface area contributed by atoms with E-state index in [9.17, 15) is 9.59 Å². The van der Waals surface area contributed by atoms with E-state index < -0.39 is 5.41 Å². The third-order valence-electron chi connectivity index (χ3n) is 4.97. The van der Waals surface area contributed by atoms with Crippen LogP contribution < -0.4 is 15.4 Å². The van der Waals surface area contributed by atoms with Gasteiger partial charge in [0.1, 0.15) is 5.75 Å². The molecule has 0 atom stereocenters. The summed E-state index contributed by atoms with van der Waals surface area (Å²) in [4.78, 5) is 24.3. The predicted octanol–water partition coefficient (Wildman–Crippen LogP) is 5.38. The number of amides is 2. The van der Waals surface area contributed by atoms with Gasteiger partial charge in [-0.2, -0.15) is 0 Å². The highest BCUT2D eigenvalue weighted by atomic mass is 16.5. The van der Waals surface area contributed by atoms with Crippen LogP contribution in [0.5, 0.6) is 5.75 Å². The molecule has 0 heterocycles. The minimum atomic E-state index is -0.491. The van der Waals surface area contributed by atoms with Crippen LogP contribution in [0.1, 0.15) is 53.5 Å². The molecule has 0 saturated carbocycles. The summed E-state index contributed by atoms with van der Waals surface area (Å²) >= 11 is 0. The molecule has 156 valence electrons. The Morgan fingerprint density at radius 2 is 1.48 bits per heavy atom. The Hall–Kier alpha value is -2.82. The zero-order chi connectivity index (χ0) is 21.7. The summed E-state index contributed by atoms with van der Waals surface area (Å²) in [5, 5.41) is 5.65. The largest absolute Gasteiger partial charge is 0.484 e. The second-order valence-corrected chi connectivity index (χ2v) is 8.88. The van der Waals surface area contributed by atoms with Crippen molar-refractivity contribution in [2.24, 2.45) is 5.41 Å². The van der Waals surface area contributed by atoms with Gasteiger partial charge in [-0.05, 0) is 47.7 Å². The van der Waals surface area contributed by atoms with E-state index >= 15 is 0 Å². The second kappa shape index (κ2) is 9.12. The zero-order valence-electron chi connectivity index (χ0n) is 18.3. The first-order valence-electron chi connectivity index (χ1n) is 9.96. The molecule has 2 aromatic carbocycles. The molecule has 0 bridgehead atoms. The monoisotopic (exact) mass is 396 g/mol. The summed E-state index contributed by atoms with van der Waals surface area (Å²) in [7, 11) is 0. The second-order valence-electron chi connectivity index (χ2n) is 8.88. The van der Waals surface area contributed by atoms with Crippen LogP contribution in [0.15, 0.2) is 48.5 Å². The fraction of sp³-hybridized carbons (Fsp3) is 0.417. The van der Waals surface area contributed by atoms with E-state index in [0.29, 0.717) is 17.1 Å². The number of rotatable bonds is 7. The van der Waals surface area contributed by atoms with E-state index in [1.165, 1.54) is 5.56 Å². The van der Waals surface area contributed by atoms with Crippen molar-refractivity contribution in [3.63, 3.8) is 0 Å². The molecular formula is C24H32N2O3. The third-order valence-corrected chi connectivity index (χ3v) is 4.97. The fourth-order valence-corrected chi connectivity index (χ4v) is 2.55. The molecular weight excluding hydrogens is 364 g/mol. The first-order valence-corrected chi connectivity index (χ1v) is 9.96. The van der Waals surface area contributed by atoms with Gasteiger partial charge in [0.05, 0.1) is 0 Å². The average Bonchev–Trinajstić information content (AvgIpc) is 2.66. The number of nitrogens with one attached hydrogen (secondary N) is 2. The standard InChI is InChI=1S/C24H32N2O3/c1-7-24(5,6)17-11-13-20(14-12-17)29-16-21(27)25-18-9-8-10-19(15-18)26-22(28)23(2,3)4/h8-15H,7,16H2,1-6H3,(H,25,27)(H,26,28). The first-order chi connectivity index (χ1) is 13.5. The lowest BCUT2D eigenvalue weighted by Crippen LogP contribution is -2.27. The van der Waals surface area contributed by atoms with Gasteiger partial charge < -0.3 is 15.4 Å². The predicted molar refractivity (Wildman–Crippen MR) is 118 cm³/mol. The normalized spacial score (nSPS) is 11.7. The van der Waals surface area contributed by atoms with Gasteiger partial charge in [-0.3, -0.25) is 9.59 Å². The van der Waals surface area contributed by atoms with E-state index in [-0.39, 0.29) is 23.8 Å². The zero-order valence-corrected chi connectivity index (χ0v) is 18.3. The van der Waals surface area contributed by atoms with E-state index in [1.807, 2.05) is 45.0 Å².